The van der Waals surface area contributed by atoms with Gasteiger partial charge in [0.1, 0.15) is 16.9 Å². The summed E-state index contributed by atoms with van der Waals surface area (Å²) in [6.45, 7) is 4.97. The molecule has 0 aliphatic carbocycles. The number of hydrogen-bond acceptors (Lipinski definition) is 3. The van der Waals surface area contributed by atoms with E-state index in [9.17, 15) is 4.79 Å². The molecule has 0 fully saturated rings. The highest BCUT2D eigenvalue weighted by atomic mass is 16.1. The van der Waals surface area contributed by atoms with Crippen LogP contribution in [0.5, 0.6) is 0 Å². The summed E-state index contributed by atoms with van der Waals surface area (Å²) in [5, 5.41) is 1.32. The van der Waals surface area contributed by atoms with E-state index < -0.39 is 0 Å². The maximum Gasteiger partial charge on any atom is 0.202 e. The molecule has 0 saturated heterocycles. The van der Waals surface area contributed by atoms with Crippen LogP contribution in [0, 0.1) is 0 Å². The number of nitrogens with zero attached hydrogens (tertiary/aromatic N) is 4. The molecule has 27 heavy (non-hydrogen) atoms. The number of para-hydroxylation sites is 3. The van der Waals surface area contributed by atoms with Gasteiger partial charge in [0, 0.05) is 18.4 Å². The van der Waals surface area contributed by atoms with Crippen LogP contribution in [0.3, 0.4) is 0 Å². The van der Waals surface area contributed by atoms with Crippen molar-refractivity contribution in [1.29, 1.82) is 0 Å². The van der Waals surface area contributed by atoms with Crippen molar-refractivity contribution in [2.45, 2.75) is 33.2 Å². The molecule has 3 aromatic heterocycles. The zero-order valence-corrected chi connectivity index (χ0v) is 15.4. The van der Waals surface area contributed by atoms with Crippen LogP contribution in [0.1, 0.15) is 26.1 Å². The van der Waals surface area contributed by atoms with E-state index in [4.69, 9.17) is 9.97 Å². The first-order valence-electron chi connectivity index (χ1n) is 9.46. The molecule has 0 spiro atoms. The lowest BCUT2D eigenvalue weighted by Crippen LogP contribution is -2.15. The van der Waals surface area contributed by atoms with Crippen molar-refractivity contribution in [1.82, 2.24) is 18.9 Å². The van der Waals surface area contributed by atoms with Crippen LogP contribution in [-0.2, 0) is 13.0 Å². The molecule has 5 heteroatoms. The van der Waals surface area contributed by atoms with Crippen LogP contribution >= 0.6 is 0 Å². The van der Waals surface area contributed by atoms with E-state index in [1.54, 1.807) is 0 Å². The Morgan fingerprint density at radius 3 is 2.41 bits per heavy atom. The summed E-state index contributed by atoms with van der Waals surface area (Å²) in [6, 6.07) is 15.8. The van der Waals surface area contributed by atoms with Gasteiger partial charge in [-0.25, -0.2) is 9.97 Å². The number of pyridine rings is 1. The Balaban J connectivity index is 2.13. The van der Waals surface area contributed by atoms with Crippen molar-refractivity contribution in [3.05, 3.63) is 64.6 Å². The van der Waals surface area contributed by atoms with Crippen molar-refractivity contribution < 1.29 is 0 Å². The van der Waals surface area contributed by atoms with Gasteiger partial charge in [-0.3, -0.25) is 9.20 Å². The van der Waals surface area contributed by atoms with Gasteiger partial charge >= 0.3 is 0 Å². The van der Waals surface area contributed by atoms with E-state index >= 15 is 0 Å². The average molecular weight is 356 g/mol. The summed E-state index contributed by atoms with van der Waals surface area (Å²) in [6.07, 6.45) is 1.81. The molecule has 5 nitrogen and oxygen atoms in total. The number of rotatable bonds is 3. The first-order chi connectivity index (χ1) is 13.2. The molecule has 0 unspecified atom stereocenters. The summed E-state index contributed by atoms with van der Waals surface area (Å²) in [7, 11) is 0. The quantitative estimate of drug-likeness (QED) is 0.452. The van der Waals surface area contributed by atoms with Gasteiger partial charge in [0.25, 0.3) is 0 Å². The first kappa shape index (κ1) is 16.0. The Morgan fingerprint density at radius 2 is 1.63 bits per heavy atom. The average Bonchev–Trinajstić information content (AvgIpc) is 3.08. The van der Waals surface area contributed by atoms with Crippen molar-refractivity contribution in [3.8, 4) is 0 Å². The molecule has 0 N–H and O–H groups in total. The number of aryl methyl sites for hydroxylation is 2. The third kappa shape index (κ3) is 2.14. The topological polar surface area (TPSA) is 52.2 Å². The second-order valence-corrected chi connectivity index (χ2v) is 6.83. The zero-order valence-electron chi connectivity index (χ0n) is 15.4. The van der Waals surface area contributed by atoms with E-state index in [-0.39, 0.29) is 5.43 Å². The summed E-state index contributed by atoms with van der Waals surface area (Å²) in [5.41, 5.74) is 4.25. The van der Waals surface area contributed by atoms with Gasteiger partial charge in [0.15, 0.2) is 5.65 Å². The fourth-order valence-electron chi connectivity index (χ4n) is 4.04. The molecule has 5 rings (SSSR count). The summed E-state index contributed by atoms with van der Waals surface area (Å²) in [4.78, 5) is 23.2. The van der Waals surface area contributed by atoms with Gasteiger partial charge in [-0.2, -0.15) is 0 Å². The fourth-order valence-corrected chi connectivity index (χ4v) is 4.04. The lowest BCUT2D eigenvalue weighted by Gasteiger charge is -2.15. The highest BCUT2D eigenvalue weighted by Crippen LogP contribution is 2.26. The SMILES string of the molecule is CCCc1nc2c(c(=O)c3ccccc3n2CC)c2nc3ccccc3n12. The minimum atomic E-state index is 0.00107. The van der Waals surface area contributed by atoms with Crippen LogP contribution in [0.4, 0.5) is 0 Å². The Labute approximate surface area is 155 Å². The van der Waals surface area contributed by atoms with Crippen molar-refractivity contribution >= 4 is 38.6 Å². The fraction of sp³-hybridized carbons (Fsp3) is 0.227. The van der Waals surface area contributed by atoms with Gasteiger partial charge in [0.2, 0.25) is 5.43 Å². The van der Waals surface area contributed by atoms with Gasteiger partial charge in [-0.1, -0.05) is 31.2 Å². The van der Waals surface area contributed by atoms with Crippen molar-refractivity contribution in [3.63, 3.8) is 0 Å². The van der Waals surface area contributed by atoms with Crippen LogP contribution in [0.25, 0.3) is 38.6 Å². The van der Waals surface area contributed by atoms with Crippen LogP contribution in [0.2, 0.25) is 0 Å². The molecule has 5 aromatic rings. The van der Waals surface area contributed by atoms with Crippen LogP contribution in [0.15, 0.2) is 53.3 Å². The monoisotopic (exact) mass is 356 g/mol. The van der Waals surface area contributed by atoms with Gasteiger partial charge in [-0.15, -0.1) is 0 Å². The lowest BCUT2D eigenvalue weighted by atomic mass is 10.1. The molecule has 0 bridgehead atoms. The summed E-state index contributed by atoms with van der Waals surface area (Å²) < 4.78 is 4.20. The number of benzene rings is 2. The van der Waals surface area contributed by atoms with Gasteiger partial charge in [-0.05, 0) is 37.6 Å². The van der Waals surface area contributed by atoms with Gasteiger partial charge in [0.05, 0.1) is 16.6 Å². The number of aromatic nitrogens is 4. The second kappa shape index (κ2) is 5.91. The smallest absolute Gasteiger partial charge is 0.202 e. The minimum absolute atomic E-state index is 0.00107. The van der Waals surface area contributed by atoms with Crippen LogP contribution < -0.4 is 5.43 Å². The first-order valence-corrected chi connectivity index (χ1v) is 9.46. The number of hydrogen-bond donors (Lipinski definition) is 0. The molecular weight excluding hydrogens is 336 g/mol. The van der Waals surface area contributed by atoms with E-state index in [0.29, 0.717) is 16.4 Å². The molecule has 0 saturated carbocycles. The lowest BCUT2D eigenvalue weighted by molar-refractivity contribution is 0.782. The van der Waals surface area contributed by atoms with E-state index in [0.717, 1.165) is 47.4 Å². The third-order valence-electron chi connectivity index (χ3n) is 5.21. The number of imidazole rings is 1. The maximum atomic E-state index is 13.4. The molecule has 0 aliphatic heterocycles. The largest absolute Gasteiger partial charge is 0.325 e. The van der Waals surface area contributed by atoms with Crippen LogP contribution in [-0.4, -0.2) is 18.9 Å². The standard InChI is InChI=1S/C22H20N4O/c1-3-9-18-24-21-19(22-23-15-11-6-8-13-17(15)26(18)22)20(27)14-10-5-7-12-16(14)25(21)4-2/h5-8,10-13H,3-4,9H2,1-2H3. The Bertz CT molecular complexity index is 1390. The predicted molar refractivity (Wildman–Crippen MR) is 109 cm³/mol. The highest BCUT2D eigenvalue weighted by Gasteiger charge is 2.19. The maximum absolute atomic E-state index is 13.4. The summed E-state index contributed by atoms with van der Waals surface area (Å²) >= 11 is 0. The predicted octanol–water partition coefficient (Wildman–Crippen LogP) is 4.32. The molecule has 0 amide bonds. The van der Waals surface area contributed by atoms with E-state index in [1.807, 2.05) is 48.5 Å². The Hall–Kier alpha value is -3.21. The second-order valence-electron chi connectivity index (χ2n) is 6.83. The Kier molecular flexibility index (Phi) is 3.50. The molecule has 134 valence electrons. The molecule has 3 heterocycles. The normalized spacial score (nSPS) is 11.9. The van der Waals surface area contributed by atoms with E-state index in [1.165, 1.54) is 0 Å². The molecule has 2 aromatic carbocycles. The van der Waals surface area contributed by atoms with Crippen molar-refractivity contribution in [2.24, 2.45) is 0 Å². The third-order valence-corrected chi connectivity index (χ3v) is 5.21. The summed E-state index contributed by atoms with van der Waals surface area (Å²) in [5.74, 6) is 0.950. The molecular formula is C22H20N4O. The van der Waals surface area contributed by atoms with Crippen molar-refractivity contribution in [2.75, 3.05) is 0 Å². The zero-order chi connectivity index (χ0) is 18.5. The number of fused-ring (bicyclic) bond motifs is 6. The Morgan fingerprint density at radius 1 is 0.889 bits per heavy atom. The van der Waals surface area contributed by atoms with E-state index in [2.05, 4.69) is 22.8 Å². The van der Waals surface area contributed by atoms with Gasteiger partial charge < -0.3 is 4.57 Å². The molecule has 0 atom stereocenters. The molecule has 0 aliphatic rings. The minimum Gasteiger partial charge on any atom is -0.325 e. The molecule has 0 radical (unpaired) electrons. The highest BCUT2D eigenvalue weighted by molar-refractivity contribution is 6.01.